The summed E-state index contributed by atoms with van der Waals surface area (Å²) >= 11 is 3.54. The Morgan fingerprint density at radius 1 is 1.10 bits per heavy atom. The molecule has 21 heavy (non-hydrogen) atoms. The van der Waals surface area contributed by atoms with Crippen LogP contribution in [-0.2, 0) is 5.41 Å². The second-order valence-electron chi connectivity index (χ2n) is 6.15. The predicted molar refractivity (Wildman–Crippen MR) is 92.8 cm³/mol. The molecule has 0 aliphatic rings. The van der Waals surface area contributed by atoms with Crippen molar-refractivity contribution in [3.05, 3.63) is 40.0 Å². The van der Waals surface area contributed by atoms with Gasteiger partial charge in [0, 0.05) is 12.1 Å². The van der Waals surface area contributed by atoms with Crippen molar-refractivity contribution in [2.45, 2.75) is 40.0 Å². The molecule has 0 unspecified atom stereocenters. The number of benzene rings is 1. The highest BCUT2D eigenvalue weighted by atomic mass is 79.9. The molecular formula is C17H22BrN3. The van der Waals surface area contributed by atoms with Crippen molar-refractivity contribution in [2.75, 3.05) is 11.9 Å². The summed E-state index contributed by atoms with van der Waals surface area (Å²) < 4.78 is 0.930. The number of nitrogens with zero attached hydrogens (tertiary/aromatic N) is 2. The highest BCUT2D eigenvalue weighted by Gasteiger charge is 2.14. The summed E-state index contributed by atoms with van der Waals surface area (Å²) in [7, 11) is 0. The lowest BCUT2D eigenvalue weighted by Crippen LogP contribution is -2.10. The van der Waals surface area contributed by atoms with Crippen LogP contribution in [0.25, 0.3) is 11.4 Å². The van der Waals surface area contributed by atoms with Crippen molar-refractivity contribution < 1.29 is 0 Å². The maximum Gasteiger partial charge on any atom is 0.161 e. The molecule has 1 aromatic carbocycles. The van der Waals surface area contributed by atoms with Gasteiger partial charge in [-0.15, -0.1) is 0 Å². The second kappa shape index (κ2) is 6.14. The quantitative estimate of drug-likeness (QED) is 0.853. The van der Waals surface area contributed by atoms with E-state index in [1.54, 1.807) is 0 Å². The van der Waals surface area contributed by atoms with Crippen LogP contribution in [0.1, 0.15) is 39.0 Å². The molecule has 0 amide bonds. The van der Waals surface area contributed by atoms with Gasteiger partial charge in [0.1, 0.15) is 5.82 Å². The van der Waals surface area contributed by atoms with Gasteiger partial charge >= 0.3 is 0 Å². The maximum absolute atomic E-state index is 4.62. The van der Waals surface area contributed by atoms with E-state index in [0.717, 1.165) is 33.9 Å². The summed E-state index contributed by atoms with van der Waals surface area (Å²) in [6.45, 7) is 11.5. The van der Waals surface area contributed by atoms with Crippen molar-refractivity contribution in [2.24, 2.45) is 0 Å². The third-order valence-electron chi connectivity index (χ3n) is 3.37. The van der Waals surface area contributed by atoms with Gasteiger partial charge in [-0.05, 0) is 40.8 Å². The Kier molecular flexibility index (Phi) is 4.67. The smallest absolute Gasteiger partial charge is 0.161 e. The van der Waals surface area contributed by atoms with Crippen LogP contribution >= 0.6 is 15.9 Å². The average molecular weight is 348 g/mol. The van der Waals surface area contributed by atoms with E-state index in [9.17, 15) is 0 Å². The Morgan fingerprint density at radius 3 is 2.24 bits per heavy atom. The van der Waals surface area contributed by atoms with E-state index in [1.165, 1.54) is 5.56 Å². The fraction of sp³-hybridized carbons (Fsp3) is 0.412. The number of hydrogen-bond donors (Lipinski definition) is 1. The van der Waals surface area contributed by atoms with E-state index in [-0.39, 0.29) is 5.41 Å². The molecule has 0 bridgehead atoms. The monoisotopic (exact) mass is 347 g/mol. The zero-order chi connectivity index (χ0) is 15.6. The molecule has 0 saturated carbocycles. The van der Waals surface area contributed by atoms with Gasteiger partial charge in [-0.1, -0.05) is 45.0 Å². The van der Waals surface area contributed by atoms with E-state index in [2.05, 4.69) is 83.2 Å². The molecule has 2 rings (SSSR count). The lowest BCUT2D eigenvalue weighted by Gasteiger charge is -2.19. The molecule has 0 radical (unpaired) electrons. The first-order valence-electron chi connectivity index (χ1n) is 7.22. The molecule has 0 fully saturated rings. The van der Waals surface area contributed by atoms with Crippen LogP contribution < -0.4 is 5.32 Å². The Hall–Kier alpha value is -1.42. The van der Waals surface area contributed by atoms with E-state index in [4.69, 9.17) is 0 Å². The minimum Gasteiger partial charge on any atom is -0.369 e. The third-order valence-corrected chi connectivity index (χ3v) is 4.32. The van der Waals surface area contributed by atoms with Crippen LogP contribution in [-0.4, -0.2) is 16.5 Å². The molecule has 0 aliphatic carbocycles. The molecular weight excluding hydrogens is 326 g/mol. The molecule has 0 saturated heterocycles. The summed E-state index contributed by atoms with van der Waals surface area (Å²) in [5.74, 6) is 1.60. The fourth-order valence-electron chi connectivity index (χ4n) is 2.09. The normalized spacial score (nSPS) is 11.5. The minimum absolute atomic E-state index is 0.157. The van der Waals surface area contributed by atoms with E-state index in [1.807, 2.05) is 6.92 Å². The first-order valence-corrected chi connectivity index (χ1v) is 8.01. The number of aryl methyl sites for hydroxylation is 1. The summed E-state index contributed by atoms with van der Waals surface area (Å²) in [6.07, 6.45) is 0. The highest BCUT2D eigenvalue weighted by Crippen LogP contribution is 2.28. The van der Waals surface area contributed by atoms with Crippen LogP contribution in [0, 0.1) is 6.92 Å². The molecule has 1 aromatic heterocycles. The SMILES string of the molecule is CCNc1nc(-c2ccc(C(C)(C)C)cc2)nc(C)c1Br. The second-order valence-corrected chi connectivity index (χ2v) is 6.95. The largest absolute Gasteiger partial charge is 0.369 e. The molecule has 2 aromatic rings. The molecule has 3 nitrogen and oxygen atoms in total. The summed E-state index contributed by atoms with van der Waals surface area (Å²) in [5.41, 5.74) is 3.45. The first-order chi connectivity index (χ1) is 9.82. The number of halogens is 1. The van der Waals surface area contributed by atoms with Crippen LogP contribution in [0.4, 0.5) is 5.82 Å². The zero-order valence-electron chi connectivity index (χ0n) is 13.3. The lowest BCUT2D eigenvalue weighted by atomic mass is 9.87. The van der Waals surface area contributed by atoms with E-state index < -0.39 is 0 Å². The number of nitrogens with one attached hydrogen (secondary N) is 1. The molecule has 0 spiro atoms. The van der Waals surface area contributed by atoms with Crippen LogP contribution in [0.2, 0.25) is 0 Å². The Labute approximate surface area is 135 Å². The average Bonchev–Trinajstić information content (AvgIpc) is 2.43. The van der Waals surface area contributed by atoms with Crippen molar-refractivity contribution in [1.29, 1.82) is 0 Å². The zero-order valence-corrected chi connectivity index (χ0v) is 14.9. The van der Waals surface area contributed by atoms with Crippen molar-refractivity contribution in [3.63, 3.8) is 0 Å². The van der Waals surface area contributed by atoms with Gasteiger partial charge in [-0.25, -0.2) is 9.97 Å². The van der Waals surface area contributed by atoms with E-state index >= 15 is 0 Å². The predicted octanol–water partition coefficient (Wildman–Crippen LogP) is 4.94. The first kappa shape index (κ1) is 16.0. The molecule has 1 N–H and O–H groups in total. The summed E-state index contributed by atoms with van der Waals surface area (Å²) in [6, 6.07) is 8.50. The van der Waals surface area contributed by atoms with Crippen molar-refractivity contribution in [1.82, 2.24) is 9.97 Å². The Morgan fingerprint density at radius 2 is 1.71 bits per heavy atom. The van der Waals surface area contributed by atoms with Crippen molar-refractivity contribution >= 4 is 21.7 Å². The Bertz CT molecular complexity index is 628. The van der Waals surface area contributed by atoms with Gasteiger partial charge in [0.05, 0.1) is 10.2 Å². The van der Waals surface area contributed by atoms with Gasteiger partial charge in [-0.3, -0.25) is 0 Å². The summed E-state index contributed by atoms with van der Waals surface area (Å²) in [5, 5.41) is 3.26. The van der Waals surface area contributed by atoms with Crippen molar-refractivity contribution in [3.8, 4) is 11.4 Å². The van der Waals surface area contributed by atoms with Gasteiger partial charge in [0.25, 0.3) is 0 Å². The number of aromatic nitrogens is 2. The number of hydrogen-bond acceptors (Lipinski definition) is 3. The minimum atomic E-state index is 0.157. The van der Waals surface area contributed by atoms with E-state index in [0.29, 0.717) is 0 Å². The van der Waals surface area contributed by atoms with Crippen LogP contribution in [0.5, 0.6) is 0 Å². The van der Waals surface area contributed by atoms with Crippen LogP contribution in [0.15, 0.2) is 28.7 Å². The van der Waals surface area contributed by atoms with Gasteiger partial charge in [0.15, 0.2) is 5.82 Å². The molecule has 112 valence electrons. The topological polar surface area (TPSA) is 37.8 Å². The fourth-order valence-corrected chi connectivity index (χ4v) is 2.41. The Balaban J connectivity index is 2.42. The molecule has 1 heterocycles. The molecule has 4 heteroatoms. The maximum atomic E-state index is 4.62. The standard InChI is InChI=1S/C17H22BrN3/c1-6-19-16-14(18)11(2)20-15(21-16)12-7-9-13(10-8-12)17(3,4)5/h7-10H,6H2,1-5H3,(H,19,20,21). The molecule has 0 atom stereocenters. The van der Waals surface area contributed by atoms with Crippen LogP contribution in [0.3, 0.4) is 0 Å². The third kappa shape index (κ3) is 3.62. The lowest BCUT2D eigenvalue weighted by molar-refractivity contribution is 0.590. The highest BCUT2D eigenvalue weighted by molar-refractivity contribution is 9.10. The molecule has 0 aliphatic heterocycles. The van der Waals surface area contributed by atoms with Gasteiger partial charge in [0.2, 0.25) is 0 Å². The van der Waals surface area contributed by atoms with Gasteiger partial charge in [-0.2, -0.15) is 0 Å². The number of anilines is 1. The van der Waals surface area contributed by atoms with Gasteiger partial charge < -0.3 is 5.32 Å². The number of rotatable bonds is 3. The summed E-state index contributed by atoms with van der Waals surface area (Å²) in [4.78, 5) is 9.20.